The Kier molecular flexibility index (Phi) is 8.06. The first kappa shape index (κ1) is 25.4. The molecule has 0 spiro atoms. The third-order valence-corrected chi connectivity index (χ3v) is 6.83. The summed E-state index contributed by atoms with van der Waals surface area (Å²) in [4.78, 5) is 12.6. The first-order chi connectivity index (χ1) is 16.1. The van der Waals surface area contributed by atoms with Gasteiger partial charge in [-0.05, 0) is 60.0 Å². The summed E-state index contributed by atoms with van der Waals surface area (Å²) in [6.45, 7) is 2.29. The van der Waals surface area contributed by atoms with Gasteiger partial charge in [0.2, 0.25) is 10.0 Å². The summed E-state index contributed by atoms with van der Waals surface area (Å²) in [5.41, 5.74) is 3.41. The summed E-state index contributed by atoms with van der Waals surface area (Å²) in [5, 5.41) is 3.36. The van der Waals surface area contributed by atoms with E-state index in [0.717, 1.165) is 22.9 Å². The number of anilines is 1. The number of carbonyl (C=O) groups excluding carboxylic acids is 1. The zero-order valence-electron chi connectivity index (χ0n) is 19.5. The number of nitrogens with zero attached hydrogens (tertiary/aromatic N) is 1. The Bertz CT molecular complexity index is 1280. The van der Waals surface area contributed by atoms with Crippen LogP contribution in [-0.2, 0) is 23.1 Å². The van der Waals surface area contributed by atoms with Gasteiger partial charge >= 0.3 is 0 Å². The molecule has 0 saturated carbocycles. The van der Waals surface area contributed by atoms with Gasteiger partial charge in [0.05, 0.1) is 32.7 Å². The van der Waals surface area contributed by atoms with Crippen LogP contribution in [-0.4, -0.2) is 34.8 Å². The van der Waals surface area contributed by atoms with Crippen molar-refractivity contribution in [3.05, 3.63) is 87.9 Å². The Balaban J connectivity index is 1.69. The largest absolute Gasteiger partial charge is 0.493 e. The number of rotatable bonds is 9. The Labute approximate surface area is 205 Å². The number of methoxy groups -OCH3 is 2. The standard InChI is InChI=1S/C25H27ClN2O5S/c1-17-5-11-21(14-22(17)26)28(34(4,30)31)16-18-6-9-20(10-7-18)25(29)27-15-19-8-12-23(32-2)24(13-19)33-3/h5-14H,15-16H2,1-4H3,(H,27,29). The zero-order chi connectivity index (χ0) is 24.9. The second kappa shape index (κ2) is 10.8. The topological polar surface area (TPSA) is 84.9 Å². The summed E-state index contributed by atoms with van der Waals surface area (Å²) in [6, 6.07) is 17.4. The number of sulfonamides is 1. The van der Waals surface area contributed by atoms with E-state index in [1.54, 1.807) is 68.8 Å². The highest BCUT2D eigenvalue weighted by Gasteiger charge is 2.19. The van der Waals surface area contributed by atoms with Crippen molar-refractivity contribution >= 4 is 33.2 Å². The normalized spacial score (nSPS) is 11.1. The van der Waals surface area contributed by atoms with Crippen molar-refractivity contribution in [2.24, 2.45) is 0 Å². The molecule has 180 valence electrons. The van der Waals surface area contributed by atoms with Crippen LogP contribution in [0.3, 0.4) is 0 Å². The lowest BCUT2D eigenvalue weighted by Gasteiger charge is -2.23. The molecule has 7 nitrogen and oxygen atoms in total. The number of nitrogens with one attached hydrogen (secondary N) is 1. The van der Waals surface area contributed by atoms with Gasteiger partial charge in [0, 0.05) is 17.1 Å². The number of hydrogen-bond donors (Lipinski definition) is 1. The monoisotopic (exact) mass is 502 g/mol. The zero-order valence-corrected chi connectivity index (χ0v) is 21.0. The van der Waals surface area contributed by atoms with E-state index in [0.29, 0.717) is 34.3 Å². The minimum atomic E-state index is -3.55. The van der Waals surface area contributed by atoms with Gasteiger partial charge in [-0.3, -0.25) is 9.10 Å². The Hall–Kier alpha value is -3.23. The molecule has 0 unspecified atom stereocenters. The molecule has 0 heterocycles. The van der Waals surface area contributed by atoms with Crippen LogP contribution in [0, 0.1) is 6.92 Å². The van der Waals surface area contributed by atoms with Crippen LogP contribution in [0.5, 0.6) is 11.5 Å². The van der Waals surface area contributed by atoms with Crippen molar-refractivity contribution in [1.82, 2.24) is 5.32 Å². The Morgan fingerprint density at radius 3 is 2.18 bits per heavy atom. The van der Waals surface area contributed by atoms with Crippen molar-refractivity contribution in [3.8, 4) is 11.5 Å². The molecule has 3 aromatic rings. The first-order valence-electron chi connectivity index (χ1n) is 10.4. The fraction of sp³-hybridized carbons (Fsp3) is 0.240. The molecule has 0 aromatic heterocycles. The number of carbonyl (C=O) groups is 1. The maximum atomic E-state index is 12.6. The predicted octanol–water partition coefficient (Wildman–Crippen LogP) is 4.56. The van der Waals surface area contributed by atoms with E-state index in [4.69, 9.17) is 21.1 Å². The van der Waals surface area contributed by atoms with Crippen LogP contribution in [0.25, 0.3) is 0 Å². The van der Waals surface area contributed by atoms with Crippen molar-refractivity contribution in [3.63, 3.8) is 0 Å². The Morgan fingerprint density at radius 2 is 1.59 bits per heavy atom. The van der Waals surface area contributed by atoms with Crippen LogP contribution < -0.4 is 19.1 Å². The second-order valence-electron chi connectivity index (χ2n) is 7.77. The molecular weight excluding hydrogens is 476 g/mol. The number of benzene rings is 3. The maximum absolute atomic E-state index is 12.6. The average Bonchev–Trinajstić information content (AvgIpc) is 2.82. The van der Waals surface area contributed by atoms with Crippen molar-refractivity contribution in [2.45, 2.75) is 20.0 Å². The predicted molar refractivity (Wildman–Crippen MR) is 134 cm³/mol. The molecule has 9 heteroatoms. The molecule has 34 heavy (non-hydrogen) atoms. The quantitative estimate of drug-likeness (QED) is 0.463. The minimum absolute atomic E-state index is 0.117. The SMILES string of the molecule is COc1ccc(CNC(=O)c2ccc(CN(c3ccc(C)c(Cl)c3)S(C)(=O)=O)cc2)cc1OC. The number of amides is 1. The third kappa shape index (κ3) is 6.21. The molecule has 0 fully saturated rings. The van der Waals surface area contributed by atoms with E-state index in [2.05, 4.69) is 5.32 Å². The highest BCUT2D eigenvalue weighted by Crippen LogP contribution is 2.28. The fourth-order valence-corrected chi connectivity index (χ4v) is 4.39. The van der Waals surface area contributed by atoms with Gasteiger partial charge < -0.3 is 14.8 Å². The molecule has 1 N–H and O–H groups in total. The summed E-state index contributed by atoms with van der Waals surface area (Å²) >= 11 is 6.19. The van der Waals surface area contributed by atoms with Crippen LogP contribution in [0.2, 0.25) is 5.02 Å². The van der Waals surface area contributed by atoms with Gasteiger partial charge in [0.1, 0.15) is 0 Å². The minimum Gasteiger partial charge on any atom is -0.493 e. The van der Waals surface area contributed by atoms with Gasteiger partial charge in [-0.15, -0.1) is 0 Å². The highest BCUT2D eigenvalue weighted by molar-refractivity contribution is 7.92. The molecule has 1 amide bonds. The third-order valence-electron chi connectivity index (χ3n) is 5.29. The van der Waals surface area contributed by atoms with E-state index in [1.807, 2.05) is 13.0 Å². The van der Waals surface area contributed by atoms with Crippen molar-refractivity contribution in [2.75, 3.05) is 24.8 Å². The molecule has 0 aliphatic carbocycles. The maximum Gasteiger partial charge on any atom is 0.251 e. The van der Waals surface area contributed by atoms with Gasteiger partial charge in [0.15, 0.2) is 11.5 Å². The van der Waals surface area contributed by atoms with E-state index in [1.165, 1.54) is 4.31 Å². The lowest BCUT2D eigenvalue weighted by Crippen LogP contribution is -2.29. The molecule has 0 saturated heterocycles. The van der Waals surface area contributed by atoms with E-state index < -0.39 is 10.0 Å². The molecule has 0 atom stereocenters. The summed E-state index contributed by atoms with van der Waals surface area (Å²) < 4.78 is 36.6. The molecule has 0 radical (unpaired) electrons. The van der Waals surface area contributed by atoms with Crippen LogP contribution in [0.1, 0.15) is 27.0 Å². The molecule has 3 aromatic carbocycles. The van der Waals surface area contributed by atoms with E-state index in [-0.39, 0.29) is 12.5 Å². The van der Waals surface area contributed by atoms with E-state index in [9.17, 15) is 13.2 Å². The molecule has 0 aliphatic rings. The molecule has 0 bridgehead atoms. The van der Waals surface area contributed by atoms with Crippen LogP contribution in [0.4, 0.5) is 5.69 Å². The number of hydrogen-bond acceptors (Lipinski definition) is 5. The average molecular weight is 503 g/mol. The van der Waals surface area contributed by atoms with Crippen molar-refractivity contribution in [1.29, 1.82) is 0 Å². The second-order valence-corrected chi connectivity index (χ2v) is 10.1. The number of ether oxygens (including phenoxy) is 2. The first-order valence-corrected chi connectivity index (χ1v) is 12.7. The highest BCUT2D eigenvalue weighted by atomic mass is 35.5. The lowest BCUT2D eigenvalue weighted by molar-refractivity contribution is 0.0951. The number of halogens is 1. The van der Waals surface area contributed by atoms with Gasteiger partial charge in [-0.25, -0.2) is 8.42 Å². The number of aryl methyl sites for hydroxylation is 1. The van der Waals surface area contributed by atoms with E-state index >= 15 is 0 Å². The Morgan fingerprint density at radius 1 is 0.941 bits per heavy atom. The molecule has 3 rings (SSSR count). The summed E-state index contributed by atoms with van der Waals surface area (Å²) in [6.07, 6.45) is 1.15. The smallest absolute Gasteiger partial charge is 0.251 e. The summed E-state index contributed by atoms with van der Waals surface area (Å²) in [7, 11) is -0.427. The van der Waals surface area contributed by atoms with Crippen molar-refractivity contribution < 1.29 is 22.7 Å². The van der Waals surface area contributed by atoms with Crippen LogP contribution in [0.15, 0.2) is 60.7 Å². The fourth-order valence-electron chi connectivity index (χ4n) is 3.34. The summed E-state index contributed by atoms with van der Waals surface area (Å²) in [5.74, 6) is 0.958. The lowest BCUT2D eigenvalue weighted by atomic mass is 10.1. The van der Waals surface area contributed by atoms with Gasteiger partial charge in [-0.1, -0.05) is 35.9 Å². The van der Waals surface area contributed by atoms with Gasteiger partial charge in [0.25, 0.3) is 5.91 Å². The molecule has 0 aliphatic heterocycles. The van der Waals surface area contributed by atoms with Crippen LogP contribution >= 0.6 is 11.6 Å². The molecular formula is C25H27ClN2O5S. The van der Waals surface area contributed by atoms with Gasteiger partial charge in [-0.2, -0.15) is 0 Å².